The van der Waals surface area contributed by atoms with Crippen LogP contribution in [-0.4, -0.2) is 35.5 Å². The van der Waals surface area contributed by atoms with Gasteiger partial charge in [-0.1, -0.05) is 24.3 Å². The highest BCUT2D eigenvalue weighted by Gasteiger charge is 2.23. The highest BCUT2D eigenvalue weighted by molar-refractivity contribution is 7.99. The molecular weight excluding hydrogens is 428 g/mol. The van der Waals surface area contributed by atoms with Crippen LogP contribution < -0.4 is 15.5 Å². The van der Waals surface area contributed by atoms with Gasteiger partial charge < -0.3 is 10.6 Å². The van der Waals surface area contributed by atoms with Crippen LogP contribution in [0.25, 0.3) is 0 Å². The molecule has 1 aliphatic rings. The molecule has 2 N–H and O–H groups in total. The zero-order chi connectivity index (χ0) is 21.6. The molecule has 158 valence electrons. The van der Waals surface area contributed by atoms with E-state index < -0.39 is 0 Å². The second kappa shape index (κ2) is 9.89. The van der Waals surface area contributed by atoms with Crippen LogP contribution in [0.4, 0.5) is 21.9 Å². The zero-order valence-corrected chi connectivity index (χ0v) is 18.6. The van der Waals surface area contributed by atoms with E-state index in [2.05, 4.69) is 15.6 Å². The summed E-state index contributed by atoms with van der Waals surface area (Å²) in [5.74, 6) is 0.735. The van der Waals surface area contributed by atoms with Crippen molar-refractivity contribution in [2.45, 2.75) is 16.3 Å². The Morgan fingerprint density at radius 1 is 1.06 bits per heavy atom. The molecule has 0 unspecified atom stereocenters. The number of thioether (sulfide) groups is 2. The average molecular weight is 451 g/mol. The smallest absolute Gasteiger partial charge is 0.325 e. The van der Waals surface area contributed by atoms with E-state index in [-0.39, 0.29) is 18.4 Å². The molecule has 0 aliphatic carbocycles. The van der Waals surface area contributed by atoms with Crippen LogP contribution in [0.1, 0.15) is 5.56 Å². The highest BCUT2D eigenvalue weighted by atomic mass is 32.2. The van der Waals surface area contributed by atoms with Crippen molar-refractivity contribution >= 4 is 52.5 Å². The fraction of sp³-hybridized carbons (Fsp3) is 0.174. The Morgan fingerprint density at radius 3 is 2.68 bits per heavy atom. The van der Waals surface area contributed by atoms with Crippen molar-refractivity contribution in [2.24, 2.45) is 0 Å². The maximum Gasteiger partial charge on any atom is 0.326 e. The molecule has 0 saturated carbocycles. The number of fused-ring (bicyclic) bond motifs is 1. The van der Waals surface area contributed by atoms with Gasteiger partial charge in [-0.05, 0) is 48.2 Å². The first-order valence-electron chi connectivity index (χ1n) is 9.82. The molecule has 8 heteroatoms. The summed E-state index contributed by atoms with van der Waals surface area (Å²) in [6, 6.07) is 18.6. The van der Waals surface area contributed by atoms with Gasteiger partial charge in [0.2, 0.25) is 5.91 Å². The number of nitrogens with one attached hydrogen (secondary N) is 2. The van der Waals surface area contributed by atoms with Crippen LogP contribution in [0.3, 0.4) is 0 Å². The molecule has 2 aromatic carbocycles. The molecular formula is C23H22N4O2S2. The van der Waals surface area contributed by atoms with Crippen LogP contribution in [0.15, 0.2) is 76.8 Å². The number of hydrogen-bond donors (Lipinski definition) is 2. The van der Waals surface area contributed by atoms with Gasteiger partial charge in [0.05, 0.1) is 17.8 Å². The number of hydrogen-bond acceptors (Lipinski definition) is 5. The van der Waals surface area contributed by atoms with E-state index in [1.54, 1.807) is 34.6 Å². The van der Waals surface area contributed by atoms with Crippen molar-refractivity contribution in [2.75, 3.05) is 34.1 Å². The minimum atomic E-state index is -0.186. The molecule has 1 aromatic heterocycles. The Morgan fingerprint density at radius 2 is 1.87 bits per heavy atom. The van der Waals surface area contributed by atoms with E-state index >= 15 is 0 Å². The van der Waals surface area contributed by atoms with Crippen LogP contribution in [0.2, 0.25) is 0 Å². The Kier molecular flexibility index (Phi) is 6.79. The van der Waals surface area contributed by atoms with Crippen molar-refractivity contribution in [3.63, 3.8) is 0 Å². The Bertz CT molecular complexity index is 1090. The molecule has 1 aliphatic heterocycles. The lowest BCUT2D eigenvalue weighted by Gasteiger charge is -2.28. The van der Waals surface area contributed by atoms with Crippen molar-refractivity contribution in [1.29, 1.82) is 0 Å². The summed E-state index contributed by atoms with van der Waals surface area (Å²) >= 11 is 3.25. The first-order chi connectivity index (χ1) is 15.1. The van der Waals surface area contributed by atoms with Gasteiger partial charge in [0.25, 0.3) is 0 Å². The summed E-state index contributed by atoms with van der Waals surface area (Å²) in [5.41, 5.74) is 3.21. The summed E-state index contributed by atoms with van der Waals surface area (Å²) in [6.07, 6.45) is 3.98. The van der Waals surface area contributed by atoms with Gasteiger partial charge in [-0.2, -0.15) is 0 Å². The number of aromatic nitrogens is 1. The molecule has 0 radical (unpaired) electrons. The van der Waals surface area contributed by atoms with Crippen LogP contribution in [0, 0.1) is 0 Å². The van der Waals surface area contributed by atoms with E-state index in [4.69, 9.17) is 0 Å². The molecule has 0 spiro atoms. The summed E-state index contributed by atoms with van der Waals surface area (Å²) in [5, 5.41) is 6.77. The number of rotatable bonds is 5. The van der Waals surface area contributed by atoms with Gasteiger partial charge in [-0.3, -0.25) is 9.69 Å². The molecule has 2 heterocycles. The maximum absolute atomic E-state index is 12.8. The number of para-hydroxylation sites is 1. The molecule has 0 atom stereocenters. The van der Waals surface area contributed by atoms with E-state index in [0.29, 0.717) is 12.2 Å². The van der Waals surface area contributed by atoms with Crippen LogP contribution in [-0.2, 0) is 11.2 Å². The summed E-state index contributed by atoms with van der Waals surface area (Å²) in [6.45, 7) is 0.630. The van der Waals surface area contributed by atoms with Gasteiger partial charge in [0.1, 0.15) is 5.03 Å². The quantitative estimate of drug-likeness (QED) is 0.527. The number of carbonyl (C=O) groups is 2. The topological polar surface area (TPSA) is 74.3 Å². The first-order valence-corrected chi connectivity index (χ1v) is 12.0. The summed E-state index contributed by atoms with van der Waals surface area (Å²) < 4.78 is 0. The number of benzene rings is 2. The zero-order valence-electron chi connectivity index (χ0n) is 17.0. The monoisotopic (exact) mass is 450 g/mol. The minimum Gasteiger partial charge on any atom is -0.325 e. The van der Waals surface area contributed by atoms with Crippen molar-refractivity contribution in [3.8, 4) is 0 Å². The second-order valence-corrected chi connectivity index (χ2v) is 8.81. The number of urea groups is 1. The largest absolute Gasteiger partial charge is 0.326 e. The van der Waals surface area contributed by atoms with Gasteiger partial charge in [-0.15, -0.1) is 23.5 Å². The van der Waals surface area contributed by atoms with Crippen LogP contribution >= 0.6 is 23.5 Å². The van der Waals surface area contributed by atoms with E-state index in [1.807, 2.05) is 66.9 Å². The number of anilines is 3. The fourth-order valence-corrected chi connectivity index (χ4v) is 4.77. The van der Waals surface area contributed by atoms with Crippen molar-refractivity contribution in [1.82, 2.24) is 4.98 Å². The predicted octanol–water partition coefficient (Wildman–Crippen LogP) is 5.13. The van der Waals surface area contributed by atoms with E-state index in [9.17, 15) is 9.59 Å². The van der Waals surface area contributed by atoms with Gasteiger partial charge in [-0.25, -0.2) is 9.78 Å². The molecule has 6 nitrogen and oxygen atoms in total. The molecule has 31 heavy (non-hydrogen) atoms. The predicted molar refractivity (Wildman–Crippen MR) is 128 cm³/mol. The van der Waals surface area contributed by atoms with Gasteiger partial charge >= 0.3 is 6.03 Å². The number of carbonyl (C=O) groups excluding carboxylic acids is 2. The lowest BCUT2D eigenvalue weighted by molar-refractivity contribution is -0.115. The van der Waals surface area contributed by atoms with Crippen molar-refractivity contribution < 1.29 is 9.59 Å². The molecule has 3 aromatic rings. The lowest BCUT2D eigenvalue weighted by atomic mass is 10.1. The normalized spacial score (nSPS) is 12.7. The average Bonchev–Trinajstić information content (AvgIpc) is 2.80. The fourth-order valence-electron chi connectivity index (χ4n) is 3.29. The standard InChI is InChI=1S/C23H22N4O2S2/c1-30-20-7-3-2-5-18(20)26-21(28)15-16-8-10-17(11-9-16)25-23(29)27-13-14-31-22-19(27)6-4-12-24-22/h2-12H,13-15H2,1H3,(H,25,29)(H,26,28). The molecule has 0 saturated heterocycles. The second-order valence-electron chi connectivity index (χ2n) is 6.88. The molecule has 4 rings (SSSR count). The third kappa shape index (κ3) is 5.21. The SMILES string of the molecule is CSc1ccccc1NC(=O)Cc1ccc(NC(=O)N2CCSc3ncccc32)cc1. The number of amides is 3. The van der Waals surface area contributed by atoms with Gasteiger partial charge in [0.15, 0.2) is 0 Å². The lowest BCUT2D eigenvalue weighted by Crippen LogP contribution is -2.38. The third-order valence-electron chi connectivity index (χ3n) is 4.79. The van der Waals surface area contributed by atoms with Crippen molar-refractivity contribution in [3.05, 3.63) is 72.4 Å². The Balaban J connectivity index is 1.36. The highest BCUT2D eigenvalue weighted by Crippen LogP contribution is 2.32. The summed E-state index contributed by atoms with van der Waals surface area (Å²) in [4.78, 5) is 32.3. The van der Waals surface area contributed by atoms with E-state index in [0.717, 1.165) is 32.6 Å². The molecule has 3 amide bonds. The minimum absolute atomic E-state index is 0.0757. The number of nitrogens with zero attached hydrogens (tertiary/aromatic N) is 2. The summed E-state index contributed by atoms with van der Waals surface area (Å²) in [7, 11) is 0. The first kappa shape index (κ1) is 21.3. The number of pyridine rings is 1. The van der Waals surface area contributed by atoms with Crippen LogP contribution in [0.5, 0.6) is 0 Å². The molecule has 0 bridgehead atoms. The molecule has 0 fully saturated rings. The Hall–Kier alpha value is -2.97. The third-order valence-corrected chi connectivity index (χ3v) is 6.56. The maximum atomic E-state index is 12.8. The van der Waals surface area contributed by atoms with Gasteiger partial charge in [0, 0.05) is 29.1 Å². The van der Waals surface area contributed by atoms with E-state index in [1.165, 1.54) is 0 Å². The Labute approximate surface area is 189 Å².